The van der Waals surface area contributed by atoms with Crippen LogP contribution in [-0.4, -0.2) is 30.2 Å². The monoisotopic (exact) mass is 198 g/mol. The van der Waals surface area contributed by atoms with E-state index >= 15 is 0 Å². The minimum absolute atomic E-state index is 0.206. The molecule has 0 bridgehead atoms. The van der Waals surface area contributed by atoms with Crippen LogP contribution in [-0.2, 0) is 6.54 Å². The third-order valence-electron chi connectivity index (χ3n) is 2.15. The molecule has 76 valence electrons. The van der Waals surface area contributed by atoms with Gasteiger partial charge in [-0.05, 0) is 6.07 Å². The van der Waals surface area contributed by atoms with Crippen LogP contribution < -0.4 is 5.32 Å². The van der Waals surface area contributed by atoms with Crippen LogP contribution in [0, 0.1) is 0 Å². The fourth-order valence-electron chi connectivity index (χ4n) is 1.27. The first-order valence-electron chi connectivity index (χ1n) is 4.43. The van der Waals surface area contributed by atoms with Crippen LogP contribution >= 0.6 is 0 Å². The van der Waals surface area contributed by atoms with E-state index in [1.54, 1.807) is 18.6 Å². The van der Waals surface area contributed by atoms with Crippen LogP contribution in [0.15, 0.2) is 23.0 Å². The smallest absolute Gasteiger partial charge is 0.317 e. The Kier molecular flexibility index (Phi) is 2.39. The highest BCUT2D eigenvalue weighted by Crippen LogP contribution is 2.10. The molecule has 1 fully saturated rings. The summed E-state index contributed by atoms with van der Waals surface area (Å²) >= 11 is 0. The number of likely N-dealkylation sites (tertiary alicyclic amines) is 1. The second kappa shape index (κ2) is 3.69. The number of nitrogens with one attached hydrogen (secondary N) is 1. The molecule has 1 aliphatic rings. The van der Waals surface area contributed by atoms with Gasteiger partial charge in [-0.2, -0.15) is 0 Å². The van der Waals surface area contributed by atoms with Crippen LogP contribution in [0.2, 0.25) is 0 Å². The Hall–Kier alpha value is -1.52. The van der Waals surface area contributed by atoms with Crippen molar-refractivity contribution < 1.29 is 13.6 Å². The fraction of sp³-hybridized carbons (Fsp3) is 0.444. The highest BCUT2D eigenvalue weighted by atomic mass is 19.1. The Labute approximate surface area is 80.7 Å². The van der Waals surface area contributed by atoms with Gasteiger partial charge >= 0.3 is 6.03 Å². The Balaban J connectivity index is 1.73. The molecule has 1 saturated heterocycles. The van der Waals surface area contributed by atoms with Crippen LogP contribution in [0.3, 0.4) is 0 Å². The Bertz CT molecular complexity index is 307. The number of rotatable bonds is 2. The van der Waals surface area contributed by atoms with Crippen LogP contribution in [0.1, 0.15) is 5.56 Å². The van der Waals surface area contributed by atoms with Gasteiger partial charge in [-0.3, -0.25) is 0 Å². The number of carbonyl (C=O) groups is 1. The van der Waals surface area contributed by atoms with Gasteiger partial charge in [0.1, 0.15) is 6.17 Å². The Morgan fingerprint density at radius 3 is 3.07 bits per heavy atom. The van der Waals surface area contributed by atoms with Gasteiger partial charge < -0.3 is 14.6 Å². The van der Waals surface area contributed by atoms with Crippen LogP contribution in [0.25, 0.3) is 0 Å². The first kappa shape index (κ1) is 9.05. The number of urea groups is 1. The molecule has 1 aromatic rings. The van der Waals surface area contributed by atoms with Crippen molar-refractivity contribution in [3.05, 3.63) is 24.2 Å². The molecule has 0 spiro atoms. The van der Waals surface area contributed by atoms with Crippen molar-refractivity contribution in [2.75, 3.05) is 13.1 Å². The summed E-state index contributed by atoms with van der Waals surface area (Å²) in [6.45, 7) is 0.831. The number of furan rings is 1. The second-order valence-corrected chi connectivity index (χ2v) is 3.29. The second-order valence-electron chi connectivity index (χ2n) is 3.29. The van der Waals surface area contributed by atoms with E-state index in [0.717, 1.165) is 5.56 Å². The van der Waals surface area contributed by atoms with Gasteiger partial charge in [0.05, 0.1) is 25.6 Å². The first-order valence-corrected chi connectivity index (χ1v) is 4.43. The van der Waals surface area contributed by atoms with Gasteiger partial charge in [0.2, 0.25) is 0 Å². The predicted octanol–water partition coefficient (Wildman–Crippen LogP) is 1.14. The number of halogens is 1. The molecule has 5 heteroatoms. The average molecular weight is 198 g/mol. The third-order valence-corrected chi connectivity index (χ3v) is 2.15. The Morgan fingerprint density at radius 1 is 1.71 bits per heavy atom. The summed E-state index contributed by atoms with van der Waals surface area (Å²) in [5.74, 6) is 0. The van der Waals surface area contributed by atoms with Gasteiger partial charge in [0.25, 0.3) is 0 Å². The number of amides is 2. The SMILES string of the molecule is O=C(NCc1ccoc1)N1CC(F)C1. The molecule has 1 aliphatic heterocycles. The molecule has 2 amide bonds. The van der Waals surface area contributed by atoms with Gasteiger partial charge in [0, 0.05) is 12.1 Å². The van der Waals surface area contributed by atoms with Gasteiger partial charge in [-0.1, -0.05) is 0 Å². The Morgan fingerprint density at radius 2 is 2.50 bits per heavy atom. The van der Waals surface area contributed by atoms with E-state index in [0.29, 0.717) is 6.54 Å². The van der Waals surface area contributed by atoms with Crippen LogP contribution in [0.5, 0.6) is 0 Å². The van der Waals surface area contributed by atoms with Crippen molar-refractivity contribution in [3.63, 3.8) is 0 Å². The molecular weight excluding hydrogens is 187 g/mol. The summed E-state index contributed by atoms with van der Waals surface area (Å²) in [5.41, 5.74) is 0.899. The minimum atomic E-state index is -0.852. The van der Waals surface area contributed by atoms with Crippen molar-refractivity contribution in [2.24, 2.45) is 0 Å². The van der Waals surface area contributed by atoms with Crippen molar-refractivity contribution in [1.29, 1.82) is 0 Å². The van der Waals surface area contributed by atoms with Gasteiger partial charge in [-0.15, -0.1) is 0 Å². The van der Waals surface area contributed by atoms with Crippen molar-refractivity contribution in [2.45, 2.75) is 12.7 Å². The summed E-state index contributed by atoms with van der Waals surface area (Å²) in [6, 6.07) is 1.55. The lowest BCUT2D eigenvalue weighted by molar-refractivity contribution is 0.0897. The predicted molar refractivity (Wildman–Crippen MR) is 47.4 cm³/mol. The molecule has 0 radical (unpaired) electrons. The van der Waals surface area contributed by atoms with Crippen molar-refractivity contribution in [3.8, 4) is 0 Å². The number of carbonyl (C=O) groups excluding carboxylic acids is 1. The third kappa shape index (κ3) is 1.86. The number of alkyl halides is 1. The summed E-state index contributed by atoms with van der Waals surface area (Å²) in [7, 11) is 0. The summed E-state index contributed by atoms with van der Waals surface area (Å²) < 4.78 is 17.2. The van der Waals surface area contributed by atoms with E-state index in [1.165, 1.54) is 4.90 Å². The molecule has 4 nitrogen and oxygen atoms in total. The normalized spacial score (nSPS) is 16.5. The summed E-state index contributed by atoms with van der Waals surface area (Å²) in [6.07, 6.45) is 2.26. The lowest BCUT2D eigenvalue weighted by Gasteiger charge is -2.34. The first-order chi connectivity index (χ1) is 6.75. The molecule has 0 aliphatic carbocycles. The maximum absolute atomic E-state index is 12.4. The molecule has 0 aromatic carbocycles. The number of nitrogens with zero attached hydrogens (tertiary/aromatic N) is 1. The molecule has 0 unspecified atom stereocenters. The molecule has 2 rings (SSSR count). The lowest BCUT2D eigenvalue weighted by Crippen LogP contribution is -2.54. The topological polar surface area (TPSA) is 45.5 Å². The van der Waals surface area contributed by atoms with Gasteiger partial charge in [-0.25, -0.2) is 9.18 Å². The minimum Gasteiger partial charge on any atom is -0.472 e. The van der Waals surface area contributed by atoms with E-state index in [2.05, 4.69) is 5.32 Å². The quantitative estimate of drug-likeness (QED) is 0.774. The van der Waals surface area contributed by atoms with Gasteiger partial charge in [0.15, 0.2) is 0 Å². The molecule has 0 saturated carbocycles. The summed E-state index contributed by atoms with van der Waals surface area (Å²) in [4.78, 5) is 12.7. The lowest BCUT2D eigenvalue weighted by atomic mass is 10.2. The molecule has 14 heavy (non-hydrogen) atoms. The van der Waals surface area contributed by atoms with Crippen molar-refractivity contribution >= 4 is 6.03 Å². The van der Waals surface area contributed by atoms with E-state index in [-0.39, 0.29) is 19.1 Å². The molecular formula is C9H11FN2O2. The van der Waals surface area contributed by atoms with Crippen LogP contribution in [0.4, 0.5) is 9.18 Å². The van der Waals surface area contributed by atoms with E-state index in [9.17, 15) is 9.18 Å². The van der Waals surface area contributed by atoms with E-state index in [4.69, 9.17) is 4.42 Å². The molecule has 2 heterocycles. The maximum atomic E-state index is 12.4. The van der Waals surface area contributed by atoms with E-state index in [1.807, 2.05) is 0 Å². The average Bonchev–Trinajstić information content (AvgIpc) is 2.61. The zero-order chi connectivity index (χ0) is 9.97. The zero-order valence-corrected chi connectivity index (χ0v) is 7.57. The standard InChI is InChI=1S/C9H11FN2O2/c10-8-4-12(5-8)9(13)11-3-7-1-2-14-6-7/h1-2,6,8H,3-5H2,(H,11,13). The molecule has 0 atom stereocenters. The molecule has 1 N–H and O–H groups in total. The molecule has 1 aromatic heterocycles. The summed E-state index contributed by atoms with van der Waals surface area (Å²) in [5, 5.41) is 2.67. The van der Waals surface area contributed by atoms with E-state index < -0.39 is 6.17 Å². The largest absolute Gasteiger partial charge is 0.472 e. The zero-order valence-electron chi connectivity index (χ0n) is 7.57. The highest BCUT2D eigenvalue weighted by molar-refractivity contribution is 5.75. The van der Waals surface area contributed by atoms with Crippen molar-refractivity contribution in [1.82, 2.24) is 10.2 Å². The number of hydrogen-bond acceptors (Lipinski definition) is 2. The highest BCUT2D eigenvalue weighted by Gasteiger charge is 2.29. The number of hydrogen-bond donors (Lipinski definition) is 1. The maximum Gasteiger partial charge on any atom is 0.317 e. The fourth-order valence-corrected chi connectivity index (χ4v) is 1.27.